The minimum Gasteiger partial charge on any atom is -0.392 e. The van der Waals surface area contributed by atoms with Gasteiger partial charge in [0.25, 0.3) is 0 Å². The molecule has 1 saturated heterocycles. The Labute approximate surface area is 181 Å². The van der Waals surface area contributed by atoms with E-state index in [1.807, 2.05) is 0 Å². The highest BCUT2D eigenvalue weighted by atomic mass is 35.5. The van der Waals surface area contributed by atoms with Crippen LogP contribution in [0.1, 0.15) is 37.7 Å². The SMILES string of the molecule is Cl.Cl.N[C@@H]1C[C@@H](C(=O)NCC2CCN(CCc3ccccc3)CC2)CC[C@H]1O. The van der Waals surface area contributed by atoms with Crippen molar-refractivity contribution < 1.29 is 9.90 Å². The number of hydrogen-bond acceptors (Lipinski definition) is 4. The molecule has 28 heavy (non-hydrogen) atoms. The van der Waals surface area contributed by atoms with Crippen molar-refractivity contribution in [2.24, 2.45) is 17.6 Å². The van der Waals surface area contributed by atoms with E-state index in [4.69, 9.17) is 5.73 Å². The van der Waals surface area contributed by atoms with Crippen LogP contribution in [0.25, 0.3) is 0 Å². The summed E-state index contributed by atoms with van der Waals surface area (Å²) in [4.78, 5) is 14.9. The van der Waals surface area contributed by atoms with E-state index in [0.717, 1.165) is 51.9 Å². The molecule has 160 valence electrons. The van der Waals surface area contributed by atoms with Crippen LogP contribution < -0.4 is 11.1 Å². The molecule has 3 atom stereocenters. The largest absolute Gasteiger partial charge is 0.392 e. The van der Waals surface area contributed by atoms with E-state index in [2.05, 4.69) is 40.5 Å². The predicted molar refractivity (Wildman–Crippen MR) is 118 cm³/mol. The van der Waals surface area contributed by atoms with E-state index in [1.54, 1.807) is 0 Å². The molecular weight excluding hydrogens is 397 g/mol. The quantitative estimate of drug-likeness (QED) is 0.645. The summed E-state index contributed by atoms with van der Waals surface area (Å²) in [5, 5.41) is 12.8. The van der Waals surface area contributed by atoms with Gasteiger partial charge in [-0.1, -0.05) is 30.3 Å². The highest BCUT2D eigenvalue weighted by Gasteiger charge is 2.31. The minimum absolute atomic E-state index is 0. The third-order valence-corrected chi connectivity index (χ3v) is 6.06. The lowest BCUT2D eigenvalue weighted by Gasteiger charge is -2.33. The standard InChI is InChI=1S/C21H33N3O2.2ClH/c22-19-14-18(6-7-20(19)25)21(26)23-15-17-9-12-24(13-10-17)11-8-16-4-2-1-3-5-16;;/h1-5,17-20,25H,6-15,22H2,(H,23,26);2*1H/t18-,19+,20+;;/m0../s1. The maximum Gasteiger partial charge on any atom is 0.223 e. The first-order valence-corrected chi connectivity index (χ1v) is 10.1. The number of nitrogens with two attached hydrogens (primary N) is 1. The van der Waals surface area contributed by atoms with Crippen LogP contribution in [-0.4, -0.2) is 54.2 Å². The van der Waals surface area contributed by atoms with E-state index >= 15 is 0 Å². The first-order chi connectivity index (χ1) is 12.6. The molecule has 1 aromatic carbocycles. The van der Waals surface area contributed by atoms with Crippen molar-refractivity contribution in [1.29, 1.82) is 0 Å². The predicted octanol–water partition coefficient (Wildman–Crippen LogP) is 2.39. The molecule has 0 spiro atoms. The summed E-state index contributed by atoms with van der Waals surface area (Å²) in [6, 6.07) is 10.4. The van der Waals surface area contributed by atoms with Crippen LogP contribution in [0.5, 0.6) is 0 Å². The minimum atomic E-state index is -0.445. The lowest BCUT2D eigenvalue weighted by molar-refractivity contribution is -0.127. The molecule has 0 aromatic heterocycles. The molecule has 1 saturated carbocycles. The fourth-order valence-corrected chi connectivity index (χ4v) is 4.16. The molecule has 0 bridgehead atoms. The number of aliphatic hydroxyl groups excluding tert-OH is 1. The molecule has 1 heterocycles. The Balaban J connectivity index is 0.00000196. The number of nitrogens with zero attached hydrogens (tertiary/aromatic N) is 1. The zero-order valence-electron chi connectivity index (χ0n) is 16.5. The van der Waals surface area contributed by atoms with Gasteiger partial charge in [0.05, 0.1) is 6.10 Å². The number of piperidine rings is 1. The van der Waals surface area contributed by atoms with Gasteiger partial charge in [0, 0.05) is 25.0 Å². The summed E-state index contributed by atoms with van der Waals surface area (Å²) in [6.07, 6.45) is 4.95. The normalized spacial score (nSPS) is 26.0. The Morgan fingerprint density at radius 1 is 1.11 bits per heavy atom. The van der Waals surface area contributed by atoms with Gasteiger partial charge >= 0.3 is 0 Å². The number of hydrogen-bond donors (Lipinski definition) is 3. The summed E-state index contributed by atoms with van der Waals surface area (Å²) in [5.41, 5.74) is 7.30. The Morgan fingerprint density at radius 2 is 1.79 bits per heavy atom. The van der Waals surface area contributed by atoms with Crippen molar-refractivity contribution in [2.45, 2.75) is 50.7 Å². The number of carbonyl (C=O) groups is 1. The molecule has 2 aliphatic rings. The van der Waals surface area contributed by atoms with Gasteiger partial charge in [-0.15, -0.1) is 24.8 Å². The summed E-state index contributed by atoms with van der Waals surface area (Å²) < 4.78 is 0. The fourth-order valence-electron chi connectivity index (χ4n) is 4.16. The molecule has 1 aliphatic carbocycles. The topological polar surface area (TPSA) is 78.6 Å². The highest BCUT2D eigenvalue weighted by molar-refractivity contribution is 5.85. The van der Waals surface area contributed by atoms with Gasteiger partial charge in [-0.3, -0.25) is 4.79 Å². The van der Waals surface area contributed by atoms with E-state index in [0.29, 0.717) is 18.8 Å². The molecule has 1 aromatic rings. The fraction of sp³-hybridized carbons (Fsp3) is 0.667. The van der Waals surface area contributed by atoms with Crippen LogP contribution in [0.15, 0.2) is 30.3 Å². The molecule has 5 nitrogen and oxygen atoms in total. The van der Waals surface area contributed by atoms with E-state index in [-0.39, 0.29) is 42.7 Å². The number of amides is 1. The van der Waals surface area contributed by atoms with Crippen LogP contribution >= 0.6 is 24.8 Å². The van der Waals surface area contributed by atoms with Crippen LogP contribution in [0, 0.1) is 11.8 Å². The Morgan fingerprint density at radius 3 is 2.43 bits per heavy atom. The van der Waals surface area contributed by atoms with Gasteiger partial charge in [-0.2, -0.15) is 0 Å². The third-order valence-electron chi connectivity index (χ3n) is 6.06. The van der Waals surface area contributed by atoms with Gasteiger partial charge in [0.1, 0.15) is 0 Å². The zero-order valence-corrected chi connectivity index (χ0v) is 18.1. The maximum atomic E-state index is 12.4. The Bertz CT molecular complexity index is 568. The van der Waals surface area contributed by atoms with E-state index in [1.165, 1.54) is 5.56 Å². The summed E-state index contributed by atoms with van der Waals surface area (Å²) >= 11 is 0. The van der Waals surface area contributed by atoms with Gasteiger partial charge in [0.2, 0.25) is 5.91 Å². The van der Waals surface area contributed by atoms with Crippen LogP contribution in [0.4, 0.5) is 0 Å². The van der Waals surface area contributed by atoms with Crippen molar-refractivity contribution in [3.63, 3.8) is 0 Å². The molecule has 0 unspecified atom stereocenters. The summed E-state index contributed by atoms with van der Waals surface area (Å²) in [5.74, 6) is 0.674. The van der Waals surface area contributed by atoms with Crippen LogP contribution in [0.2, 0.25) is 0 Å². The molecule has 0 radical (unpaired) electrons. The van der Waals surface area contributed by atoms with Crippen molar-refractivity contribution >= 4 is 30.7 Å². The Kier molecular flexibility index (Phi) is 11.4. The van der Waals surface area contributed by atoms with Gasteiger partial charge < -0.3 is 21.1 Å². The third kappa shape index (κ3) is 7.53. The molecular formula is C21H35Cl2N3O2. The van der Waals surface area contributed by atoms with Crippen molar-refractivity contribution in [2.75, 3.05) is 26.2 Å². The smallest absolute Gasteiger partial charge is 0.223 e. The first-order valence-electron chi connectivity index (χ1n) is 10.1. The van der Waals surface area contributed by atoms with Crippen molar-refractivity contribution in [1.82, 2.24) is 10.2 Å². The summed E-state index contributed by atoms with van der Waals surface area (Å²) in [6.45, 7) is 4.13. The average molecular weight is 432 g/mol. The second kappa shape index (κ2) is 12.7. The Hall–Kier alpha value is -0.850. The van der Waals surface area contributed by atoms with Gasteiger partial charge in [0.15, 0.2) is 0 Å². The lowest BCUT2D eigenvalue weighted by Crippen LogP contribution is -2.46. The number of aliphatic hydroxyl groups is 1. The number of carbonyl (C=O) groups excluding carboxylic acids is 1. The average Bonchev–Trinajstić information content (AvgIpc) is 2.68. The number of benzene rings is 1. The molecule has 7 heteroatoms. The lowest BCUT2D eigenvalue weighted by atomic mass is 9.83. The summed E-state index contributed by atoms with van der Waals surface area (Å²) in [7, 11) is 0. The number of halogens is 2. The maximum absolute atomic E-state index is 12.4. The second-order valence-electron chi connectivity index (χ2n) is 8.01. The van der Waals surface area contributed by atoms with Gasteiger partial charge in [-0.05, 0) is 63.1 Å². The molecule has 4 N–H and O–H groups in total. The van der Waals surface area contributed by atoms with E-state index in [9.17, 15) is 9.90 Å². The number of likely N-dealkylation sites (tertiary alicyclic amines) is 1. The van der Waals surface area contributed by atoms with Gasteiger partial charge in [-0.25, -0.2) is 0 Å². The highest BCUT2D eigenvalue weighted by Crippen LogP contribution is 2.24. The van der Waals surface area contributed by atoms with Crippen LogP contribution in [-0.2, 0) is 11.2 Å². The van der Waals surface area contributed by atoms with Crippen molar-refractivity contribution in [3.8, 4) is 0 Å². The number of nitrogens with one attached hydrogen (secondary N) is 1. The zero-order chi connectivity index (χ0) is 18.4. The molecule has 2 fully saturated rings. The second-order valence-corrected chi connectivity index (χ2v) is 8.01. The number of rotatable bonds is 6. The van der Waals surface area contributed by atoms with Crippen LogP contribution in [0.3, 0.4) is 0 Å². The van der Waals surface area contributed by atoms with E-state index < -0.39 is 6.10 Å². The molecule has 1 aliphatic heterocycles. The van der Waals surface area contributed by atoms with Crippen molar-refractivity contribution in [3.05, 3.63) is 35.9 Å². The first kappa shape index (κ1) is 25.2. The monoisotopic (exact) mass is 431 g/mol. The molecule has 1 amide bonds. The molecule has 3 rings (SSSR count).